The van der Waals surface area contributed by atoms with Crippen molar-refractivity contribution in [2.24, 2.45) is 0 Å². The normalized spacial score (nSPS) is 11.4. The summed E-state index contributed by atoms with van der Waals surface area (Å²) >= 11 is 5.86. The van der Waals surface area contributed by atoms with Crippen LogP contribution in [-0.2, 0) is 16.1 Å². The molecular formula is C13H17ClFNO2. The van der Waals surface area contributed by atoms with E-state index in [0.717, 1.165) is 5.56 Å². The molecule has 0 saturated heterocycles. The maximum absolute atomic E-state index is 12.8. The molecule has 0 bridgehead atoms. The SMILES string of the molecule is CC(C)(C)OC(=O)CNCc1ccc(F)cc1Cl. The summed E-state index contributed by atoms with van der Waals surface area (Å²) < 4.78 is 17.9. The van der Waals surface area contributed by atoms with Gasteiger partial charge in [0, 0.05) is 11.6 Å². The fourth-order valence-electron chi connectivity index (χ4n) is 1.34. The van der Waals surface area contributed by atoms with E-state index >= 15 is 0 Å². The molecule has 1 aromatic rings. The highest BCUT2D eigenvalue weighted by Gasteiger charge is 2.15. The van der Waals surface area contributed by atoms with Crippen molar-refractivity contribution in [3.8, 4) is 0 Å². The molecule has 1 rings (SSSR count). The van der Waals surface area contributed by atoms with E-state index in [1.54, 1.807) is 6.07 Å². The van der Waals surface area contributed by atoms with Gasteiger partial charge in [0.05, 0.1) is 6.54 Å². The number of hydrogen-bond donors (Lipinski definition) is 1. The second-order valence-electron chi connectivity index (χ2n) is 4.93. The van der Waals surface area contributed by atoms with Crippen LogP contribution in [-0.4, -0.2) is 18.1 Å². The van der Waals surface area contributed by atoms with Crippen LogP contribution in [0.5, 0.6) is 0 Å². The molecule has 0 radical (unpaired) electrons. The number of ether oxygens (including phenoxy) is 1. The van der Waals surface area contributed by atoms with Gasteiger partial charge in [-0.25, -0.2) is 4.39 Å². The maximum atomic E-state index is 12.8. The highest BCUT2D eigenvalue weighted by Crippen LogP contribution is 2.16. The molecule has 100 valence electrons. The predicted molar refractivity (Wildman–Crippen MR) is 69.0 cm³/mol. The molecule has 0 spiro atoms. The largest absolute Gasteiger partial charge is 0.459 e. The molecule has 0 fully saturated rings. The van der Waals surface area contributed by atoms with Gasteiger partial charge in [-0.15, -0.1) is 0 Å². The first-order valence-electron chi connectivity index (χ1n) is 5.64. The fourth-order valence-corrected chi connectivity index (χ4v) is 1.58. The Morgan fingerprint density at radius 1 is 1.44 bits per heavy atom. The second kappa shape index (κ2) is 6.16. The highest BCUT2D eigenvalue weighted by atomic mass is 35.5. The summed E-state index contributed by atoms with van der Waals surface area (Å²) in [4.78, 5) is 11.4. The Morgan fingerprint density at radius 2 is 2.11 bits per heavy atom. The van der Waals surface area contributed by atoms with Gasteiger partial charge in [0.25, 0.3) is 0 Å². The molecule has 1 aromatic carbocycles. The van der Waals surface area contributed by atoms with E-state index in [-0.39, 0.29) is 18.3 Å². The Bertz CT molecular complexity index is 429. The lowest BCUT2D eigenvalue weighted by Gasteiger charge is -2.19. The Balaban J connectivity index is 2.40. The third kappa shape index (κ3) is 5.47. The monoisotopic (exact) mass is 273 g/mol. The van der Waals surface area contributed by atoms with Gasteiger partial charge in [0.1, 0.15) is 11.4 Å². The number of halogens is 2. The molecule has 0 aliphatic heterocycles. The van der Waals surface area contributed by atoms with Crippen molar-refractivity contribution >= 4 is 17.6 Å². The lowest BCUT2D eigenvalue weighted by atomic mass is 10.2. The quantitative estimate of drug-likeness (QED) is 0.858. The molecule has 0 aromatic heterocycles. The van der Waals surface area contributed by atoms with Gasteiger partial charge < -0.3 is 10.1 Å². The summed E-state index contributed by atoms with van der Waals surface area (Å²) in [5.41, 5.74) is 0.244. The number of carbonyl (C=O) groups is 1. The Hall–Kier alpha value is -1.13. The smallest absolute Gasteiger partial charge is 0.320 e. The zero-order valence-electron chi connectivity index (χ0n) is 10.7. The van der Waals surface area contributed by atoms with E-state index < -0.39 is 5.60 Å². The van der Waals surface area contributed by atoms with E-state index in [1.165, 1.54) is 12.1 Å². The third-order valence-electron chi connectivity index (χ3n) is 2.02. The van der Waals surface area contributed by atoms with Crippen molar-refractivity contribution < 1.29 is 13.9 Å². The molecule has 0 atom stereocenters. The van der Waals surface area contributed by atoms with Crippen molar-refractivity contribution in [1.29, 1.82) is 0 Å². The minimum Gasteiger partial charge on any atom is -0.459 e. The number of rotatable bonds is 4. The van der Waals surface area contributed by atoms with Crippen LogP contribution in [0.3, 0.4) is 0 Å². The van der Waals surface area contributed by atoms with Gasteiger partial charge in [-0.3, -0.25) is 4.79 Å². The van der Waals surface area contributed by atoms with Gasteiger partial charge in [0.15, 0.2) is 0 Å². The zero-order chi connectivity index (χ0) is 13.8. The average molecular weight is 274 g/mol. The maximum Gasteiger partial charge on any atom is 0.320 e. The molecule has 1 N–H and O–H groups in total. The average Bonchev–Trinajstić information content (AvgIpc) is 2.18. The van der Waals surface area contributed by atoms with E-state index in [1.807, 2.05) is 20.8 Å². The van der Waals surface area contributed by atoms with E-state index in [2.05, 4.69) is 5.32 Å². The molecule has 5 heteroatoms. The summed E-state index contributed by atoms with van der Waals surface area (Å²) in [5, 5.41) is 3.24. The van der Waals surface area contributed by atoms with Gasteiger partial charge in [-0.2, -0.15) is 0 Å². The van der Waals surface area contributed by atoms with E-state index in [9.17, 15) is 9.18 Å². The summed E-state index contributed by atoms with van der Waals surface area (Å²) in [6, 6.07) is 4.15. The Labute approximate surface area is 111 Å². The van der Waals surface area contributed by atoms with Crippen LogP contribution >= 0.6 is 11.6 Å². The van der Waals surface area contributed by atoms with Crippen LogP contribution in [0.2, 0.25) is 5.02 Å². The van der Waals surface area contributed by atoms with Crippen LogP contribution in [0.4, 0.5) is 4.39 Å². The molecular weight excluding hydrogens is 257 g/mol. The van der Waals surface area contributed by atoms with Gasteiger partial charge in [0.2, 0.25) is 0 Å². The van der Waals surface area contributed by atoms with Gasteiger partial charge in [-0.05, 0) is 38.5 Å². The van der Waals surface area contributed by atoms with Crippen LogP contribution in [0.1, 0.15) is 26.3 Å². The van der Waals surface area contributed by atoms with E-state index in [4.69, 9.17) is 16.3 Å². The number of benzene rings is 1. The standard InChI is InChI=1S/C13H17ClFNO2/c1-13(2,3)18-12(17)8-16-7-9-4-5-10(15)6-11(9)14/h4-6,16H,7-8H2,1-3H3. The molecule has 3 nitrogen and oxygen atoms in total. The minimum absolute atomic E-state index is 0.0883. The highest BCUT2D eigenvalue weighted by molar-refractivity contribution is 6.31. The van der Waals surface area contributed by atoms with Gasteiger partial charge in [-0.1, -0.05) is 17.7 Å². The Morgan fingerprint density at radius 3 is 2.67 bits per heavy atom. The first-order valence-corrected chi connectivity index (χ1v) is 6.02. The summed E-state index contributed by atoms with van der Waals surface area (Å²) in [6.07, 6.45) is 0. The van der Waals surface area contributed by atoms with Crippen molar-refractivity contribution in [2.75, 3.05) is 6.54 Å². The third-order valence-corrected chi connectivity index (χ3v) is 2.37. The lowest BCUT2D eigenvalue weighted by molar-refractivity contribution is -0.153. The van der Waals surface area contributed by atoms with Crippen LogP contribution in [0.25, 0.3) is 0 Å². The molecule has 0 aliphatic carbocycles. The van der Waals surface area contributed by atoms with Crippen molar-refractivity contribution in [3.05, 3.63) is 34.6 Å². The molecule has 0 aliphatic rings. The van der Waals surface area contributed by atoms with Gasteiger partial charge >= 0.3 is 5.97 Å². The number of esters is 1. The first kappa shape index (κ1) is 14.9. The number of carbonyl (C=O) groups excluding carboxylic acids is 1. The first-order chi connectivity index (χ1) is 8.28. The van der Waals surface area contributed by atoms with Crippen molar-refractivity contribution in [3.63, 3.8) is 0 Å². The van der Waals surface area contributed by atoms with Crippen molar-refractivity contribution in [2.45, 2.75) is 32.9 Å². The lowest BCUT2D eigenvalue weighted by Crippen LogP contribution is -2.31. The molecule has 0 heterocycles. The summed E-state index contributed by atoms with van der Waals surface area (Å²) in [7, 11) is 0. The topological polar surface area (TPSA) is 38.3 Å². The number of nitrogens with one attached hydrogen (secondary N) is 1. The second-order valence-corrected chi connectivity index (χ2v) is 5.33. The molecule has 0 amide bonds. The summed E-state index contributed by atoms with van der Waals surface area (Å²) in [5.74, 6) is -0.711. The molecule has 0 saturated carbocycles. The van der Waals surface area contributed by atoms with Crippen LogP contribution in [0.15, 0.2) is 18.2 Å². The predicted octanol–water partition coefficient (Wildman–Crippen LogP) is 2.91. The van der Waals surface area contributed by atoms with Crippen LogP contribution in [0, 0.1) is 5.82 Å². The fraction of sp³-hybridized carbons (Fsp3) is 0.462. The molecule has 0 unspecified atom stereocenters. The van der Waals surface area contributed by atoms with E-state index in [0.29, 0.717) is 11.6 Å². The Kier molecular flexibility index (Phi) is 5.11. The number of hydrogen-bond acceptors (Lipinski definition) is 3. The minimum atomic E-state index is -0.494. The summed E-state index contributed by atoms with van der Waals surface area (Å²) in [6.45, 7) is 5.90. The molecule has 18 heavy (non-hydrogen) atoms. The zero-order valence-corrected chi connectivity index (χ0v) is 11.5. The van der Waals surface area contributed by atoms with Crippen molar-refractivity contribution in [1.82, 2.24) is 5.32 Å². The van der Waals surface area contributed by atoms with Crippen LogP contribution < -0.4 is 5.32 Å².